The monoisotopic (exact) mass is 253 g/mol. The quantitative estimate of drug-likeness (QED) is 0.644. The van der Waals surface area contributed by atoms with Gasteiger partial charge in [0.2, 0.25) is 0 Å². The minimum absolute atomic E-state index is 0.642. The predicted molar refractivity (Wildman–Crippen MR) is 72.0 cm³/mol. The van der Waals surface area contributed by atoms with Gasteiger partial charge in [-0.3, -0.25) is 0 Å². The Morgan fingerprint density at radius 3 is 2.44 bits per heavy atom. The van der Waals surface area contributed by atoms with Gasteiger partial charge >= 0.3 is 0 Å². The molecule has 0 aliphatic carbocycles. The standard InChI is InChI=1S/C14H23NO3/c1-16-11-12-17-9-2-10-18-14-5-3-13(4-6-14)7-8-15/h3-6H,2,7-12,15H2,1H3. The number of methoxy groups -OCH3 is 1. The molecule has 0 fully saturated rings. The maximum atomic E-state index is 5.60. The lowest BCUT2D eigenvalue weighted by Gasteiger charge is -2.07. The van der Waals surface area contributed by atoms with Crippen LogP contribution >= 0.6 is 0 Å². The highest BCUT2D eigenvalue weighted by Gasteiger charge is 1.95. The van der Waals surface area contributed by atoms with E-state index < -0.39 is 0 Å². The van der Waals surface area contributed by atoms with E-state index in [4.69, 9.17) is 19.9 Å². The van der Waals surface area contributed by atoms with Crippen molar-refractivity contribution in [2.45, 2.75) is 12.8 Å². The number of benzene rings is 1. The molecule has 18 heavy (non-hydrogen) atoms. The van der Waals surface area contributed by atoms with E-state index in [0.717, 1.165) is 18.6 Å². The van der Waals surface area contributed by atoms with Crippen LogP contribution in [0, 0.1) is 0 Å². The number of hydrogen-bond donors (Lipinski definition) is 1. The molecular weight excluding hydrogens is 230 g/mol. The zero-order valence-electron chi connectivity index (χ0n) is 11.1. The van der Waals surface area contributed by atoms with Gasteiger partial charge < -0.3 is 19.9 Å². The van der Waals surface area contributed by atoms with E-state index in [9.17, 15) is 0 Å². The fourth-order valence-electron chi connectivity index (χ4n) is 1.51. The maximum Gasteiger partial charge on any atom is 0.119 e. The van der Waals surface area contributed by atoms with Crippen molar-refractivity contribution in [3.05, 3.63) is 29.8 Å². The summed E-state index contributed by atoms with van der Waals surface area (Å²) in [7, 11) is 1.67. The van der Waals surface area contributed by atoms with E-state index in [1.165, 1.54) is 5.56 Å². The number of ether oxygens (including phenoxy) is 3. The molecule has 4 heteroatoms. The van der Waals surface area contributed by atoms with E-state index in [0.29, 0.717) is 33.0 Å². The van der Waals surface area contributed by atoms with Crippen LogP contribution in [0.25, 0.3) is 0 Å². The van der Waals surface area contributed by atoms with Crippen molar-refractivity contribution < 1.29 is 14.2 Å². The van der Waals surface area contributed by atoms with Crippen molar-refractivity contribution in [3.63, 3.8) is 0 Å². The van der Waals surface area contributed by atoms with Crippen LogP contribution in [0.4, 0.5) is 0 Å². The van der Waals surface area contributed by atoms with Crippen molar-refractivity contribution in [2.24, 2.45) is 5.73 Å². The molecule has 0 aliphatic rings. The molecule has 0 spiro atoms. The van der Waals surface area contributed by atoms with Crippen LogP contribution in [-0.4, -0.2) is 40.1 Å². The first kappa shape index (κ1) is 15.0. The van der Waals surface area contributed by atoms with E-state index in [1.807, 2.05) is 12.1 Å². The third kappa shape index (κ3) is 6.59. The summed E-state index contributed by atoms with van der Waals surface area (Å²) < 4.78 is 15.8. The van der Waals surface area contributed by atoms with E-state index in [2.05, 4.69) is 12.1 Å². The topological polar surface area (TPSA) is 53.7 Å². The molecule has 1 aromatic carbocycles. The highest BCUT2D eigenvalue weighted by molar-refractivity contribution is 5.27. The second-order valence-electron chi connectivity index (χ2n) is 3.99. The van der Waals surface area contributed by atoms with Gasteiger partial charge in [-0.05, 0) is 30.7 Å². The number of rotatable bonds is 10. The molecule has 0 heterocycles. The lowest BCUT2D eigenvalue weighted by atomic mass is 10.1. The summed E-state index contributed by atoms with van der Waals surface area (Å²) in [6, 6.07) is 8.07. The highest BCUT2D eigenvalue weighted by atomic mass is 16.5. The van der Waals surface area contributed by atoms with Gasteiger partial charge in [-0.1, -0.05) is 12.1 Å². The Morgan fingerprint density at radius 1 is 1.00 bits per heavy atom. The first-order valence-corrected chi connectivity index (χ1v) is 6.35. The maximum absolute atomic E-state index is 5.60. The summed E-state index contributed by atoms with van der Waals surface area (Å²) in [4.78, 5) is 0. The van der Waals surface area contributed by atoms with Gasteiger partial charge in [-0.15, -0.1) is 0 Å². The van der Waals surface area contributed by atoms with Gasteiger partial charge in [-0.2, -0.15) is 0 Å². The Kier molecular flexibility index (Phi) is 8.21. The summed E-state index contributed by atoms with van der Waals surface area (Å²) in [5, 5.41) is 0. The second kappa shape index (κ2) is 9.88. The van der Waals surface area contributed by atoms with Crippen LogP contribution in [0.1, 0.15) is 12.0 Å². The Hall–Kier alpha value is -1.10. The van der Waals surface area contributed by atoms with Gasteiger partial charge in [0.25, 0.3) is 0 Å². The Bertz CT molecular complexity index is 300. The third-order valence-corrected chi connectivity index (χ3v) is 2.49. The van der Waals surface area contributed by atoms with Crippen LogP contribution in [0.2, 0.25) is 0 Å². The molecule has 1 rings (SSSR count). The molecule has 0 saturated heterocycles. The third-order valence-electron chi connectivity index (χ3n) is 2.49. The lowest BCUT2D eigenvalue weighted by molar-refractivity contribution is 0.0644. The van der Waals surface area contributed by atoms with Crippen LogP contribution in [0.5, 0.6) is 5.75 Å². The molecule has 0 amide bonds. The molecule has 0 saturated carbocycles. The van der Waals surface area contributed by atoms with Crippen LogP contribution in [-0.2, 0) is 15.9 Å². The molecule has 4 nitrogen and oxygen atoms in total. The molecule has 1 aromatic rings. The second-order valence-corrected chi connectivity index (χ2v) is 3.99. The zero-order valence-corrected chi connectivity index (χ0v) is 11.1. The van der Waals surface area contributed by atoms with Gasteiger partial charge in [-0.25, -0.2) is 0 Å². The van der Waals surface area contributed by atoms with Crippen molar-refractivity contribution in [1.29, 1.82) is 0 Å². The Labute approximate surface area is 109 Å². The van der Waals surface area contributed by atoms with Crippen molar-refractivity contribution in [2.75, 3.05) is 40.1 Å². The predicted octanol–water partition coefficient (Wildman–Crippen LogP) is 1.62. The molecular formula is C14H23NO3. The first-order valence-electron chi connectivity index (χ1n) is 6.35. The van der Waals surface area contributed by atoms with Crippen molar-refractivity contribution in [1.82, 2.24) is 0 Å². The minimum Gasteiger partial charge on any atom is -0.494 e. The smallest absolute Gasteiger partial charge is 0.119 e. The molecule has 2 N–H and O–H groups in total. The number of hydrogen-bond acceptors (Lipinski definition) is 4. The Balaban J connectivity index is 2.08. The van der Waals surface area contributed by atoms with Gasteiger partial charge in [0.15, 0.2) is 0 Å². The average molecular weight is 253 g/mol. The summed E-state index contributed by atoms with van der Waals surface area (Å²) >= 11 is 0. The SMILES string of the molecule is COCCOCCCOc1ccc(CCN)cc1. The van der Waals surface area contributed by atoms with E-state index in [1.54, 1.807) is 7.11 Å². The summed E-state index contributed by atoms with van der Waals surface area (Å²) in [6.45, 7) is 3.34. The normalized spacial score (nSPS) is 10.6. The van der Waals surface area contributed by atoms with E-state index in [-0.39, 0.29) is 0 Å². The van der Waals surface area contributed by atoms with Gasteiger partial charge in [0.1, 0.15) is 5.75 Å². The number of nitrogens with two attached hydrogens (primary N) is 1. The molecule has 0 radical (unpaired) electrons. The van der Waals surface area contributed by atoms with Gasteiger partial charge in [0, 0.05) is 20.1 Å². The Morgan fingerprint density at radius 2 is 1.78 bits per heavy atom. The molecule has 102 valence electrons. The van der Waals surface area contributed by atoms with Crippen molar-refractivity contribution >= 4 is 0 Å². The van der Waals surface area contributed by atoms with Crippen LogP contribution in [0.15, 0.2) is 24.3 Å². The van der Waals surface area contributed by atoms with Gasteiger partial charge in [0.05, 0.1) is 19.8 Å². The minimum atomic E-state index is 0.642. The zero-order chi connectivity index (χ0) is 13.1. The van der Waals surface area contributed by atoms with Crippen LogP contribution in [0.3, 0.4) is 0 Å². The molecule has 0 aliphatic heterocycles. The lowest BCUT2D eigenvalue weighted by Crippen LogP contribution is -2.07. The molecule has 0 atom stereocenters. The summed E-state index contributed by atoms with van der Waals surface area (Å²) in [6.07, 6.45) is 1.79. The summed E-state index contributed by atoms with van der Waals surface area (Å²) in [5.41, 5.74) is 6.74. The molecule has 0 unspecified atom stereocenters. The fraction of sp³-hybridized carbons (Fsp3) is 0.571. The average Bonchev–Trinajstić information content (AvgIpc) is 2.40. The summed E-state index contributed by atoms with van der Waals surface area (Å²) in [5.74, 6) is 0.896. The largest absolute Gasteiger partial charge is 0.494 e. The van der Waals surface area contributed by atoms with E-state index >= 15 is 0 Å². The highest BCUT2D eigenvalue weighted by Crippen LogP contribution is 2.12. The van der Waals surface area contributed by atoms with Crippen LogP contribution < -0.4 is 10.5 Å². The first-order chi connectivity index (χ1) is 8.86. The molecule has 0 bridgehead atoms. The molecule has 0 aromatic heterocycles. The fourth-order valence-corrected chi connectivity index (χ4v) is 1.51. The van der Waals surface area contributed by atoms with Crippen molar-refractivity contribution in [3.8, 4) is 5.75 Å².